The molecule has 1 aromatic rings. The second kappa shape index (κ2) is 35.7. The Bertz CT molecular complexity index is 1090. The number of carboxylic acids is 2. The molecule has 0 aromatic carbocycles. The van der Waals surface area contributed by atoms with Gasteiger partial charge in [-0.05, 0) is 91.3 Å². The summed E-state index contributed by atoms with van der Waals surface area (Å²) in [4.78, 5) is 33.0. The number of aryl methyl sites for hydroxylation is 3. The molecule has 0 aliphatic rings. The number of carbonyl (C=O) groups is 2. The van der Waals surface area contributed by atoms with Gasteiger partial charge in [0.15, 0.2) is 0 Å². The van der Waals surface area contributed by atoms with E-state index in [0.29, 0.717) is 0 Å². The van der Waals surface area contributed by atoms with Gasteiger partial charge in [0, 0.05) is 12.7 Å². The minimum atomic E-state index is -0.546. The van der Waals surface area contributed by atoms with Gasteiger partial charge in [0.05, 0.1) is 16.5 Å². The zero-order valence-corrected chi connectivity index (χ0v) is 40.2. The molecule has 2 unspecified atom stereocenters. The highest BCUT2D eigenvalue weighted by atomic mass is 16.4. The van der Waals surface area contributed by atoms with Crippen LogP contribution in [0.3, 0.4) is 0 Å². The Balaban J connectivity index is 2.74. The third-order valence-corrected chi connectivity index (χ3v) is 13.7. The van der Waals surface area contributed by atoms with Gasteiger partial charge in [-0.1, -0.05) is 195 Å². The first-order valence-corrected chi connectivity index (χ1v) is 25.8. The SMILES string of the molecule is CCCCCCCCC(CCCCCC)(CCCCCCN(CCCCCCC(CCCCCC)(CCCCCCCC)C(=O)O)CCCn1cc(C)nc1C)C(=O)O. The number of carboxylic acid groups (broad SMARTS) is 2. The van der Waals surface area contributed by atoms with E-state index in [1.54, 1.807) is 0 Å². The lowest BCUT2D eigenvalue weighted by molar-refractivity contribution is -0.151. The lowest BCUT2D eigenvalue weighted by atomic mass is 9.74. The quantitative estimate of drug-likeness (QED) is 0.0636. The van der Waals surface area contributed by atoms with Gasteiger partial charge in [0.1, 0.15) is 5.82 Å². The smallest absolute Gasteiger partial charge is 0.309 e. The Morgan fingerprint density at radius 2 is 0.763 bits per heavy atom. The van der Waals surface area contributed by atoms with Crippen molar-refractivity contribution < 1.29 is 19.8 Å². The molecule has 0 fully saturated rings. The highest BCUT2D eigenvalue weighted by Gasteiger charge is 2.37. The maximum absolute atomic E-state index is 12.8. The highest BCUT2D eigenvalue weighted by molar-refractivity contribution is 5.75. The average Bonchev–Trinajstić information content (AvgIpc) is 3.54. The predicted molar refractivity (Wildman–Crippen MR) is 253 cm³/mol. The Kier molecular flexibility index (Phi) is 33.3. The Morgan fingerprint density at radius 1 is 0.475 bits per heavy atom. The maximum Gasteiger partial charge on any atom is 0.309 e. The summed E-state index contributed by atoms with van der Waals surface area (Å²) in [7, 11) is 0. The van der Waals surface area contributed by atoms with E-state index in [-0.39, 0.29) is 0 Å². The number of aromatic nitrogens is 2. The van der Waals surface area contributed by atoms with Crippen LogP contribution in [-0.4, -0.2) is 56.2 Å². The van der Waals surface area contributed by atoms with Crippen molar-refractivity contribution in [1.82, 2.24) is 14.5 Å². The molecule has 1 aromatic heterocycles. The topological polar surface area (TPSA) is 95.7 Å². The fourth-order valence-electron chi connectivity index (χ4n) is 9.66. The largest absolute Gasteiger partial charge is 0.481 e. The summed E-state index contributed by atoms with van der Waals surface area (Å²) < 4.78 is 2.29. The molecule has 1 rings (SSSR count). The number of nitrogens with zero attached hydrogens (tertiary/aromatic N) is 3. The summed E-state index contributed by atoms with van der Waals surface area (Å²) in [5.41, 5.74) is 0.00263. The van der Waals surface area contributed by atoms with Crippen molar-refractivity contribution in [2.45, 2.75) is 273 Å². The Morgan fingerprint density at radius 3 is 1.07 bits per heavy atom. The van der Waals surface area contributed by atoms with Crippen molar-refractivity contribution in [3.63, 3.8) is 0 Å². The number of hydrogen-bond acceptors (Lipinski definition) is 4. The van der Waals surface area contributed by atoms with Crippen LogP contribution in [0.5, 0.6) is 0 Å². The molecule has 0 spiro atoms. The second-order valence-electron chi connectivity index (χ2n) is 19.0. The van der Waals surface area contributed by atoms with Gasteiger partial charge in [0.25, 0.3) is 0 Å². The number of imidazole rings is 1. The van der Waals surface area contributed by atoms with Crippen LogP contribution in [0.2, 0.25) is 0 Å². The molecule has 2 N–H and O–H groups in total. The van der Waals surface area contributed by atoms with E-state index in [9.17, 15) is 19.8 Å². The molecule has 1 heterocycles. The van der Waals surface area contributed by atoms with Crippen LogP contribution in [0, 0.1) is 24.7 Å². The zero-order valence-electron chi connectivity index (χ0n) is 40.2. The van der Waals surface area contributed by atoms with Crippen molar-refractivity contribution in [1.29, 1.82) is 0 Å². The highest BCUT2D eigenvalue weighted by Crippen LogP contribution is 2.39. The molecule has 7 nitrogen and oxygen atoms in total. The molecule has 0 bridgehead atoms. The number of unbranched alkanes of at least 4 members (excludes halogenated alkanes) is 22. The van der Waals surface area contributed by atoms with Crippen LogP contribution in [0.1, 0.15) is 264 Å². The van der Waals surface area contributed by atoms with Crippen LogP contribution in [0.15, 0.2) is 6.20 Å². The average molecular weight is 830 g/mol. The summed E-state index contributed by atoms with van der Waals surface area (Å²) >= 11 is 0. The fraction of sp³-hybridized carbons (Fsp3) is 0.904. The summed E-state index contributed by atoms with van der Waals surface area (Å²) in [5.74, 6) is -0.00129. The first-order valence-electron chi connectivity index (χ1n) is 25.8. The normalized spacial score (nSPS) is 13.9. The molecule has 7 heteroatoms. The lowest BCUT2D eigenvalue weighted by Gasteiger charge is -2.30. The van der Waals surface area contributed by atoms with Gasteiger partial charge in [-0.3, -0.25) is 9.59 Å². The first kappa shape index (κ1) is 55.1. The van der Waals surface area contributed by atoms with E-state index >= 15 is 0 Å². The van der Waals surface area contributed by atoms with E-state index in [2.05, 4.69) is 62.2 Å². The van der Waals surface area contributed by atoms with Gasteiger partial charge < -0.3 is 19.7 Å². The number of aliphatic carboxylic acids is 2. The molecular weight excluding hydrogens is 731 g/mol. The second-order valence-corrected chi connectivity index (χ2v) is 19.0. The third kappa shape index (κ3) is 25.6. The molecule has 0 aliphatic heterocycles. The number of rotatable bonds is 44. The summed E-state index contributed by atoms with van der Waals surface area (Å²) in [6.07, 6.45) is 40.9. The van der Waals surface area contributed by atoms with Crippen LogP contribution >= 0.6 is 0 Å². The Hall–Kier alpha value is -1.89. The van der Waals surface area contributed by atoms with Crippen molar-refractivity contribution in [2.24, 2.45) is 10.8 Å². The standard InChI is InChI=1S/C52H99N3O4/c1-7-11-15-19-21-29-38-51(49(56)57,36-27-17-13-9-3)40-31-23-25-33-42-54(44-35-45-55-46-47(5)53-48(55)6)43-34-26-24-32-41-52(50(58)59,37-28-18-14-10-4)39-30-22-20-16-12-8-2/h46H,7-45H2,1-6H3,(H,56,57)(H,58,59). The molecule has 0 aliphatic carbocycles. The lowest BCUT2D eigenvalue weighted by Crippen LogP contribution is -2.31. The van der Waals surface area contributed by atoms with Crippen molar-refractivity contribution >= 4 is 11.9 Å². The summed E-state index contributed by atoms with van der Waals surface area (Å²) in [6, 6.07) is 0. The molecule has 2 atom stereocenters. The van der Waals surface area contributed by atoms with Gasteiger partial charge in [-0.15, -0.1) is 0 Å². The Labute approximate surface area is 366 Å². The van der Waals surface area contributed by atoms with E-state index < -0.39 is 22.8 Å². The number of hydrogen-bond donors (Lipinski definition) is 2. The van der Waals surface area contributed by atoms with Gasteiger partial charge in [0.2, 0.25) is 0 Å². The van der Waals surface area contributed by atoms with E-state index in [0.717, 1.165) is 173 Å². The van der Waals surface area contributed by atoms with Crippen LogP contribution in [-0.2, 0) is 16.1 Å². The fourth-order valence-corrected chi connectivity index (χ4v) is 9.66. The molecule has 59 heavy (non-hydrogen) atoms. The zero-order chi connectivity index (χ0) is 43.5. The summed E-state index contributed by atoms with van der Waals surface area (Å²) in [6.45, 7) is 17.4. The first-order chi connectivity index (χ1) is 28.6. The third-order valence-electron chi connectivity index (χ3n) is 13.7. The minimum absolute atomic E-state index is 0.540. The van der Waals surface area contributed by atoms with Gasteiger partial charge >= 0.3 is 11.9 Å². The van der Waals surface area contributed by atoms with E-state index in [1.165, 1.54) is 89.9 Å². The molecule has 346 valence electrons. The van der Waals surface area contributed by atoms with E-state index in [1.807, 2.05) is 0 Å². The summed E-state index contributed by atoms with van der Waals surface area (Å²) in [5, 5.41) is 21.1. The minimum Gasteiger partial charge on any atom is -0.481 e. The molecule has 0 amide bonds. The molecule has 0 saturated carbocycles. The molecular formula is C52H99N3O4. The van der Waals surface area contributed by atoms with Crippen LogP contribution < -0.4 is 0 Å². The predicted octanol–water partition coefficient (Wildman–Crippen LogP) is 15.7. The van der Waals surface area contributed by atoms with Crippen molar-refractivity contribution in [2.75, 3.05) is 19.6 Å². The van der Waals surface area contributed by atoms with Crippen molar-refractivity contribution in [3.8, 4) is 0 Å². The maximum atomic E-state index is 12.8. The van der Waals surface area contributed by atoms with Crippen LogP contribution in [0.4, 0.5) is 0 Å². The van der Waals surface area contributed by atoms with Crippen LogP contribution in [0.25, 0.3) is 0 Å². The van der Waals surface area contributed by atoms with Gasteiger partial charge in [-0.25, -0.2) is 4.98 Å². The van der Waals surface area contributed by atoms with Gasteiger partial charge in [-0.2, -0.15) is 0 Å². The monoisotopic (exact) mass is 830 g/mol. The van der Waals surface area contributed by atoms with Crippen molar-refractivity contribution in [3.05, 3.63) is 17.7 Å². The van der Waals surface area contributed by atoms with E-state index in [4.69, 9.17) is 0 Å². The molecule has 0 saturated heterocycles. The molecule has 0 radical (unpaired) electrons.